The summed E-state index contributed by atoms with van der Waals surface area (Å²) in [5, 5.41) is 22.4. The third kappa shape index (κ3) is 4.98. The highest BCUT2D eigenvalue weighted by Gasteiger charge is 2.28. The number of aliphatic hydroxyl groups excluding tert-OH is 1. The summed E-state index contributed by atoms with van der Waals surface area (Å²) in [5.74, 6) is -0.210. The first kappa shape index (κ1) is 18.3. The number of rotatable bonds is 7. The Hall–Kier alpha value is -2.03. The second-order valence-electron chi connectivity index (χ2n) is 5.83. The molecule has 24 heavy (non-hydrogen) atoms. The maximum Gasteiger partial charge on any atom is 0.271 e. The fourth-order valence-electron chi connectivity index (χ4n) is 2.78. The van der Waals surface area contributed by atoms with Gasteiger partial charge in [-0.2, -0.15) is 0 Å². The molecule has 132 valence electrons. The molecule has 2 rings (SSSR count). The SMILES string of the molecule is CC(C(=O)Nc1cccc([N+](=O)[O-])c1)N1CCCC(OCCO)C1. The van der Waals surface area contributed by atoms with Crippen molar-refractivity contribution in [1.29, 1.82) is 0 Å². The van der Waals surface area contributed by atoms with E-state index in [4.69, 9.17) is 9.84 Å². The van der Waals surface area contributed by atoms with E-state index in [1.807, 2.05) is 4.90 Å². The summed E-state index contributed by atoms with van der Waals surface area (Å²) in [6.45, 7) is 3.51. The van der Waals surface area contributed by atoms with E-state index in [0.29, 0.717) is 18.8 Å². The molecule has 1 aliphatic rings. The van der Waals surface area contributed by atoms with Crippen LogP contribution in [0.25, 0.3) is 0 Å². The Balaban J connectivity index is 1.94. The number of nitro benzene ring substituents is 1. The number of non-ortho nitro benzene ring substituents is 1. The van der Waals surface area contributed by atoms with Gasteiger partial charge in [0.15, 0.2) is 0 Å². The first-order valence-corrected chi connectivity index (χ1v) is 8.03. The van der Waals surface area contributed by atoms with Crippen LogP contribution >= 0.6 is 0 Å². The zero-order valence-corrected chi connectivity index (χ0v) is 13.7. The number of carbonyl (C=O) groups is 1. The average molecular weight is 337 g/mol. The predicted molar refractivity (Wildman–Crippen MR) is 88.8 cm³/mol. The van der Waals surface area contributed by atoms with Crippen molar-refractivity contribution in [1.82, 2.24) is 4.90 Å². The zero-order chi connectivity index (χ0) is 17.5. The fourth-order valence-corrected chi connectivity index (χ4v) is 2.78. The lowest BCUT2D eigenvalue weighted by Crippen LogP contribution is -2.49. The first-order chi connectivity index (χ1) is 11.5. The largest absolute Gasteiger partial charge is 0.394 e. The van der Waals surface area contributed by atoms with E-state index < -0.39 is 4.92 Å². The number of anilines is 1. The number of ether oxygens (including phenoxy) is 1. The normalized spacial score (nSPS) is 19.7. The van der Waals surface area contributed by atoms with Crippen LogP contribution < -0.4 is 5.32 Å². The number of nitrogens with zero attached hydrogens (tertiary/aromatic N) is 2. The highest BCUT2D eigenvalue weighted by Crippen LogP contribution is 2.19. The first-order valence-electron chi connectivity index (χ1n) is 8.03. The van der Waals surface area contributed by atoms with Gasteiger partial charge in [-0.3, -0.25) is 19.8 Å². The second-order valence-corrected chi connectivity index (χ2v) is 5.83. The Bertz CT molecular complexity index is 581. The maximum atomic E-state index is 12.4. The van der Waals surface area contributed by atoms with E-state index in [0.717, 1.165) is 19.4 Å². The van der Waals surface area contributed by atoms with Gasteiger partial charge >= 0.3 is 0 Å². The zero-order valence-electron chi connectivity index (χ0n) is 13.7. The second kappa shape index (κ2) is 8.72. The molecule has 0 bridgehead atoms. The standard InChI is InChI=1S/C16H23N3O5/c1-12(18-7-3-6-15(11-18)24-9-8-20)16(21)17-13-4-2-5-14(10-13)19(22)23/h2,4-5,10,12,15,20H,3,6-9,11H2,1H3,(H,17,21). The van der Waals surface area contributed by atoms with Crippen LogP contribution in [0.15, 0.2) is 24.3 Å². The summed E-state index contributed by atoms with van der Waals surface area (Å²) in [7, 11) is 0. The minimum absolute atomic E-state index is 0.0129. The highest BCUT2D eigenvalue weighted by atomic mass is 16.6. The average Bonchev–Trinajstić information content (AvgIpc) is 2.59. The molecule has 1 aromatic carbocycles. The van der Waals surface area contributed by atoms with E-state index >= 15 is 0 Å². The molecule has 0 saturated carbocycles. The Morgan fingerprint density at radius 1 is 1.58 bits per heavy atom. The minimum Gasteiger partial charge on any atom is -0.394 e. The molecular weight excluding hydrogens is 314 g/mol. The molecule has 1 aromatic rings. The summed E-state index contributed by atoms with van der Waals surface area (Å²) in [6.07, 6.45) is 1.85. The van der Waals surface area contributed by atoms with E-state index in [9.17, 15) is 14.9 Å². The molecule has 8 heteroatoms. The van der Waals surface area contributed by atoms with E-state index in [1.54, 1.807) is 13.0 Å². The molecule has 1 saturated heterocycles. The number of amides is 1. The van der Waals surface area contributed by atoms with Gasteiger partial charge in [0, 0.05) is 24.4 Å². The van der Waals surface area contributed by atoms with Crippen molar-refractivity contribution >= 4 is 17.3 Å². The molecule has 2 atom stereocenters. The molecule has 0 aliphatic carbocycles. The third-order valence-corrected chi connectivity index (χ3v) is 4.11. The minimum atomic E-state index is -0.493. The summed E-state index contributed by atoms with van der Waals surface area (Å²) in [4.78, 5) is 24.7. The van der Waals surface area contributed by atoms with Gasteiger partial charge in [0.2, 0.25) is 5.91 Å². The smallest absolute Gasteiger partial charge is 0.271 e. The molecule has 1 amide bonds. The van der Waals surface area contributed by atoms with Gasteiger partial charge in [-0.1, -0.05) is 6.07 Å². The number of nitrogens with one attached hydrogen (secondary N) is 1. The number of hydrogen-bond donors (Lipinski definition) is 2. The van der Waals surface area contributed by atoms with Crippen LogP contribution in [0, 0.1) is 10.1 Å². The Kier molecular flexibility index (Phi) is 6.65. The van der Waals surface area contributed by atoms with Crippen LogP contribution in [-0.2, 0) is 9.53 Å². The van der Waals surface area contributed by atoms with Crippen molar-refractivity contribution in [3.8, 4) is 0 Å². The third-order valence-electron chi connectivity index (χ3n) is 4.11. The van der Waals surface area contributed by atoms with Gasteiger partial charge < -0.3 is 15.2 Å². The van der Waals surface area contributed by atoms with Gasteiger partial charge in [-0.05, 0) is 32.4 Å². The molecule has 0 radical (unpaired) electrons. The van der Waals surface area contributed by atoms with Crippen molar-refractivity contribution in [3.63, 3.8) is 0 Å². The number of piperidine rings is 1. The molecule has 0 aromatic heterocycles. The molecule has 1 fully saturated rings. The van der Waals surface area contributed by atoms with Crippen LogP contribution in [0.5, 0.6) is 0 Å². The van der Waals surface area contributed by atoms with Crippen molar-refractivity contribution < 1.29 is 19.6 Å². The summed E-state index contributed by atoms with van der Waals surface area (Å²) >= 11 is 0. The molecule has 2 N–H and O–H groups in total. The fraction of sp³-hybridized carbons (Fsp3) is 0.562. The van der Waals surface area contributed by atoms with Crippen molar-refractivity contribution in [3.05, 3.63) is 34.4 Å². The number of aliphatic hydroxyl groups is 1. The van der Waals surface area contributed by atoms with Gasteiger partial charge in [-0.15, -0.1) is 0 Å². The topological polar surface area (TPSA) is 105 Å². The maximum absolute atomic E-state index is 12.4. The highest BCUT2D eigenvalue weighted by molar-refractivity contribution is 5.94. The van der Waals surface area contributed by atoms with E-state index in [-0.39, 0.29) is 30.3 Å². The predicted octanol–water partition coefficient (Wildman–Crippen LogP) is 1.40. The number of hydrogen-bond acceptors (Lipinski definition) is 6. The molecule has 2 unspecified atom stereocenters. The Labute approximate surface area is 140 Å². The van der Waals surface area contributed by atoms with Gasteiger partial charge in [0.1, 0.15) is 0 Å². The lowest BCUT2D eigenvalue weighted by Gasteiger charge is -2.35. The number of likely N-dealkylation sites (tertiary alicyclic amines) is 1. The Morgan fingerprint density at radius 3 is 3.08 bits per heavy atom. The van der Waals surface area contributed by atoms with Crippen LogP contribution in [0.4, 0.5) is 11.4 Å². The van der Waals surface area contributed by atoms with Gasteiger partial charge in [0.05, 0.1) is 30.3 Å². The van der Waals surface area contributed by atoms with Gasteiger partial charge in [0.25, 0.3) is 5.69 Å². The van der Waals surface area contributed by atoms with Crippen LogP contribution in [0.1, 0.15) is 19.8 Å². The number of carbonyl (C=O) groups excluding carboxylic acids is 1. The summed E-state index contributed by atoms with van der Waals surface area (Å²) < 4.78 is 5.55. The Morgan fingerprint density at radius 2 is 2.38 bits per heavy atom. The van der Waals surface area contributed by atoms with Crippen LogP contribution in [0.2, 0.25) is 0 Å². The molecule has 0 spiro atoms. The molecular formula is C16H23N3O5. The quantitative estimate of drug-likeness (QED) is 0.575. The van der Waals surface area contributed by atoms with Crippen molar-refractivity contribution in [2.24, 2.45) is 0 Å². The summed E-state index contributed by atoms with van der Waals surface area (Å²) in [5.41, 5.74) is 0.349. The monoisotopic (exact) mass is 337 g/mol. The van der Waals surface area contributed by atoms with E-state index in [1.165, 1.54) is 18.2 Å². The van der Waals surface area contributed by atoms with Gasteiger partial charge in [-0.25, -0.2) is 0 Å². The number of benzene rings is 1. The lowest BCUT2D eigenvalue weighted by molar-refractivity contribution is -0.384. The van der Waals surface area contributed by atoms with E-state index in [2.05, 4.69) is 5.32 Å². The lowest BCUT2D eigenvalue weighted by atomic mass is 10.1. The number of nitro groups is 1. The molecule has 8 nitrogen and oxygen atoms in total. The summed E-state index contributed by atoms with van der Waals surface area (Å²) in [6, 6.07) is 5.52. The van der Waals surface area contributed by atoms with Crippen molar-refractivity contribution in [2.45, 2.75) is 31.9 Å². The van der Waals surface area contributed by atoms with Crippen molar-refractivity contribution in [2.75, 3.05) is 31.6 Å². The van der Waals surface area contributed by atoms with Crippen LogP contribution in [0.3, 0.4) is 0 Å². The van der Waals surface area contributed by atoms with Crippen LogP contribution in [-0.4, -0.2) is 59.3 Å². The molecule has 1 heterocycles. The molecule has 1 aliphatic heterocycles.